The molecule has 0 N–H and O–H groups in total. The first-order valence-electron chi connectivity index (χ1n) is 9.45. The summed E-state index contributed by atoms with van der Waals surface area (Å²) in [5, 5.41) is 0.596. The van der Waals surface area contributed by atoms with E-state index < -0.39 is 9.84 Å². The molecule has 0 radical (unpaired) electrons. The van der Waals surface area contributed by atoms with Gasteiger partial charge in [0.1, 0.15) is 0 Å². The van der Waals surface area contributed by atoms with E-state index in [1.165, 1.54) is 37.4 Å². The number of aliphatic imine (C=N–C) groups is 1. The minimum absolute atomic E-state index is 0.0555. The van der Waals surface area contributed by atoms with Crippen LogP contribution in [0, 0.1) is 5.92 Å². The first-order chi connectivity index (χ1) is 12.9. The topological polar surface area (TPSA) is 66.8 Å². The molecule has 146 valence electrons. The number of amidine groups is 1. The van der Waals surface area contributed by atoms with E-state index >= 15 is 0 Å². The van der Waals surface area contributed by atoms with Gasteiger partial charge in [-0.1, -0.05) is 53.4 Å². The molecule has 27 heavy (non-hydrogen) atoms. The Hall–Kier alpha value is -0.860. The van der Waals surface area contributed by atoms with E-state index in [1.807, 2.05) is 29.2 Å². The molecular weight excluding hydrogens is 448 g/mol. The number of hydrogen-bond acceptors (Lipinski definition) is 4. The molecule has 4 rings (SSSR count). The van der Waals surface area contributed by atoms with E-state index in [0.29, 0.717) is 17.5 Å². The summed E-state index contributed by atoms with van der Waals surface area (Å²) in [5.41, 5.74) is 0.887. The van der Waals surface area contributed by atoms with Gasteiger partial charge in [0.05, 0.1) is 17.5 Å². The molecule has 1 aromatic carbocycles. The zero-order valence-electron chi connectivity index (χ0n) is 15.0. The van der Waals surface area contributed by atoms with Crippen molar-refractivity contribution in [3.63, 3.8) is 0 Å². The molecule has 0 spiro atoms. The Labute approximate surface area is 173 Å². The lowest BCUT2D eigenvalue weighted by molar-refractivity contribution is -0.118. The summed E-state index contributed by atoms with van der Waals surface area (Å²) in [4.78, 5) is 18.8. The molecule has 5 nitrogen and oxygen atoms in total. The van der Waals surface area contributed by atoms with Gasteiger partial charge in [-0.3, -0.25) is 4.79 Å². The number of carbonyl (C=O) groups excluding carboxylic acids is 1. The predicted octanol–water partition coefficient (Wildman–Crippen LogP) is 4.02. The molecule has 0 bridgehead atoms. The van der Waals surface area contributed by atoms with Gasteiger partial charge in [-0.15, -0.1) is 0 Å². The zero-order chi connectivity index (χ0) is 19.0. The lowest BCUT2D eigenvalue weighted by Crippen LogP contribution is -2.37. The van der Waals surface area contributed by atoms with Crippen molar-refractivity contribution in [3.05, 3.63) is 28.7 Å². The Balaban J connectivity index is 1.54. The molecule has 0 aromatic heterocycles. The number of fused-ring (bicyclic) bond motifs is 1. The third-order valence-corrected chi connectivity index (χ3v) is 9.37. The molecule has 2 saturated heterocycles. The lowest BCUT2D eigenvalue weighted by atomic mass is 10.0. The number of anilines is 1. The summed E-state index contributed by atoms with van der Waals surface area (Å²) in [6.07, 6.45) is 6.41. The van der Waals surface area contributed by atoms with Crippen LogP contribution in [0.2, 0.25) is 0 Å². The number of sulfone groups is 1. The summed E-state index contributed by atoms with van der Waals surface area (Å²) in [7, 11) is -3.04. The fraction of sp³-hybridized carbons (Fsp3) is 0.579. The molecule has 3 aliphatic rings. The Bertz CT molecular complexity index is 848. The van der Waals surface area contributed by atoms with Gasteiger partial charge in [0, 0.05) is 21.8 Å². The molecule has 2 unspecified atom stereocenters. The molecule has 1 aliphatic carbocycles. The second-order valence-electron chi connectivity index (χ2n) is 7.62. The Morgan fingerprint density at radius 3 is 2.59 bits per heavy atom. The number of thioether (sulfide) groups is 1. The molecule has 3 fully saturated rings. The second kappa shape index (κ2) is 7.87. The van der Waals surface area contributed by atoms with Crippen molar-refractivity contribution < 1.29 is 13.2 Å². The Morgan fingerprint density at radius 2 is 1.89 bits per heavy atom. The average molecular weight is 471 g/mol. The largest absolute Gasteiger partial charge is 0.316 e. The summed E-state index contributed by atoms with van der Waals surface area (Å²) in [6.45, 7) is 0. The van der Waals surface area contributed by atoms with Crippen LogP contribution in [0.15, 0.2) is 33.7 Å². The molecule has 1 aromatic rings. The van der Waals surface area contributed by atoms with Crippen molar-refractivity contribution in [2.45, 2.75) is 49.8 Å². The highest BCUT2D eigenvalue weighted by Gasteiger charge is 2.49. The van der Waals surface area contributed by atoms with Crippen LogP contribution in [0.25, 0.3) is 0 Å². The van der Waals surface area contributed by atoms with Gasteiger partial charge in [0.25, 0.3) is 0 Å². The fourth-order valence-electron chi connectivity index (χ4n) is 4.26. The average Bonchev–Trinajstić information content (AvgIpc) is 3.29. The zero-order valence-corrected chi connectivity index (χ0v) is 18.2. The van der Waals surface area contributed by atoms with Crippen LogP contribution >= 0.6 is 27.7 Å². The van der Waals surface area contributed by atoms with Crippen LogP contribution in [0.3, 0.4) is 0 Å². The van der Waals surface area contributed by atoms with Crippen molar-refractivity contribution in [3.8, 4) is 0 Å². The van der Waals surface area contributed by atoms with E-state index in [-0.39, 0.29) is 28.7 Å². The van der Waals surface area contributed by atoms with Gasteiger partial charge in [0.2, 0.25) is 5.91 Å². The highest BCUT2D eigenvalue weighted by atomic mass is 79.9. The first-order valence-corrected chi connectivity index (χ1v) is 12.9. The van der Waals surface area contributed by atoms with Crippen molar-refractivity contribution in [1.29, 1.82) is 0 Å². The monoisotopic (exact) mass is 470 g/mol. The maximum absolute atomic E-state index is 12.5. The smallest absolute Gasteiger partial charge is 0.248 e. The number of rotatable bonds is 4. The molecule has 1 amide bonds. The summed E-state index contributed by atoms with van der Waals surface area (Å²) in [6, 6.07) is 7.59. The normalized spacial score (nSPS) is 28.8. The van der Waals surface area contributed by atoms with E-state index in [9.17, 15) is 13.2 Å². The third-order valence-electron chi connectivity index (χ3n) is 5.63. The molecule has 1 saturated carbocycles. The SMILES string of the molecule is O=C(CCC1CCCC1)N=C1SC2CS(=O)(=O)CC2N1c1ccc(Br)cc1. The maximum Gasteiger partial charge on any atom is 0.248 e. The number of carbonyl (C=O) groups is 1. The van der Waals surface area contributed by atoms with Crippen LogP contribution < -0.4 is 4.90 Å². The molecular formula is C19H23BrN2O3S2. The summed E-state index contributed by atoms with van der Waals surface area (Å²) in [5.74, 6) is 0.854. The second-order valence-corrected chi connectivity index (χ2v) is 11.9. The van der Waals surface area contributed by atoms with Crippen molar-refractivity contribution in [1.82, 2.24) is 0 Å². The Morgan fingerprint density at radius 1 is 1.19 bits per heavy atom. The number of benzene rings is 1. The van der Waals surface area contributed by atoms with Crippen LogP contribution in [0.4, 0.5) is 5.69 Å². The number of halogens is 1. The van der Waals surface area contributed by atoms with Gasteiger partial charge in [-0.05, 0) is 36.6 Å². The minimum Gasteiger partial charge on any atom is -0.316 e. The van der Waals surface area contributed by atoms with Crippen molar-refractivity contribution in [2.75, 3.05) is 16.4 Å². The number of amides is 1. The van der Waals surface area contributed by atoms with Crippen LogP contribution in [0.5, 0.6) is 0 Å². The van der Waals surface area contributed by atoms with Gasteiger partial charge < -0.3 is 4.90 Å². The number of hydrogen-bond donors (Lipinski definition) is 0. The fourth-order valence-corrected chi connectivity index (χ4v) is 8.45. The molecule has 2 atom stereocenters. The van der Waals surface area contributed by atoms with Gasteiger partial charge in [-0.25, -0.2) is 8.42 Å². The van der Waals surface area contributed by atoms with Gasteiger partial charge in [-0.2, -0.15) is 4.99 Å². The lowest BCUT2D eigenvalue weighted by Gasteiger charge is -2.24. The predicted molar refractivity (Wildman–Crippen MR) is 114 cm³/mol. The highest BCUT2D eigenvalue weighted by Crippen LogP contribution is 2.41. The van der Waals surface area contributed by atoms with Crippen molar-refractivity contribution >= 4 is 54.3 Å². The number of nitrogens with zero attached hydrogens (tertiary/aromatic N) is 2. The van der Waals surface area contributed by atoms with E-state index in [0.717, 1.165) is 16.6 Å². The quantitative estimate of drug-likeness (QED) is 0.664. The van der Waals surface area contributed by atoms with E-state index in [4.69, 9.17) is 0 Å². The standard InChI is InChI=1S/C19H23BrN2O3S2/c20-14-6-8-15(9-7-14)22-16-11-27(24,25)12-17(16)26-19(22)21-18(23)10-5-13-3-1-2-4-13/h6-9,13,16-17H,1-5,10-12H2. The van der Waals surface area contributed by atoms with Crippen LogP contribution in [0.1, 0.15) is 38.5 Å². The van der Waals surface area contributed by atoms with Gasteiger partial charge in [0.15, 0.2) is 15.0 Å². The molecule has 8 heteroatoms. The van der Waals surface area contributed by atoms with Crippen molar-refractivity contribution in [2.24, 2.45) is 10.9 Å². The van der Waals surface area contributed by atoms with Gasteiger partial charge >= 0.3 is 0 Å². The highest BCUT2D eigenvalue weighted by molar-refractivity contribution is 9.10. The molecule has 2 aliphatic heterocycles. The minimum atomic E-state index is -3.04. The summed E-state index contributed by atoms with van der Waals surface area (Å²) >= 11 is 4.87. The Kier molecular flexibility index (Phi) is 5.67. The van der Waals surface area contributed by atoms with Crippen LogP contribution in [-0.4, -0.2) is 42.3 Å². The third kappa shape index (κ3) is 4.43. The maximum atomic E-state index is 12.5. The van der Waals surface area contributed by atoms with E-state index in [1.54, 1.807) is 0 Å². The summed E-state index contributed by atoms with van der Waals surface area (Å²) < 4.78 is 25.2. The molecule has 2 heterocycles. The first kappa shape index (κ1) is 19.5. The van der Waals surface area contributed by atoms with Crippen LogP contribution in [-0.2, 0) is 14.6 Å². The van der Waals surface area contributed by atoms with E-state index in [2.05, 4.69) is 20.9 Å².